The Morgan fingerprint density at radius 1 is 0.357 bits per heavy atom. The van der Waals surface area contributed by atoms with Crippen LogP contribution in [0.2, 0.25) is 0 Å². The molecule has 0 aliphatic carbocycles. The third-order valence-electron chi connectivity index (χ3n) is 11.4. The average molecular weight is 1280 g/mol. The van der Waals surface area contributed by atoms with E-state index in [9.17, 15) is 113 Å². The van der Waals surface area contributed by atoms with Crippen LogP contribution in [0.3, 0.4) is 0 Å². The van der Waals surface area contributed by atoms with E-state index in [2.05, 4.69) is 40.9 Å². The molecule has 0 radical (unpaired) electrons. The SMILES string of the molecule is Nc1c(N=Nc2ccc3c(O)c(N=Nc4ccc([N+](=O)[O-])cc4S(=O)(=O)O)c(S(=O)(=O)O)cc3c2)c(S(=O)(=O)O)cc2cc(S(=O)(=O)O)c(N=Nc3ccc4c(O)c(N=Nc5ccc([N+](=O)[O-])cc5S(=O)(=O)O)c(S(=O)(=O)O)cc4c3)c(O)c12. The number of fused-ring (bicyclic) bond motifs is 3. The topological polar surface area (TPSA) is 598 Å². The maximum Gasteiger partial charge on any atom is 0.297 e. The van der Waals surface area contributed by atoms with Crippen LogP contribution in [0.1, 0.15) is 0 Å². The highest BCUT2D eigenvalue weighted by Gasteiger charge is 2.30. The fourth-order valence-corrected chi connectivity index (χ4v) is 11.7. The predicted molar refractivity (Wildman–Crippen MR) is 283 cm³/mol. The number of anilines is 1. The van der Waals surface area contributed by atoms with Gasteiger partial charge in [-0.15, -0.1) is 30.7 Å². The van der Waals surface area contributed by atoms with Crippen LogP contribution in [-0.4, -0.2) is 103 Å². The molecule has 0 aliphatic rings. The van der Waals surface area contributed by atoms with Crippen molar-refractivity contribution in [3.63, 3.8) is 0 Å². The molecule has 0 bridgehead atoms. The number of rotatable bonds is 16. The van der Waals surface area contributed by atoms with Gasteiger partial charge in [-0.3, -0.25) is 47.5 Å². The van der Waals surface area contributed by atoms with Crippen molar-refractivity contribution in [2.24, 2.45) is 40.9 Å². The van der Waals surface area contributed by atoms with Crippen LogP contribution in [-0.2, 0) is 60.7 Å². The second-order valence-corrected chi connectivity index (χ2v) is 25.1. The number of nitrogens with zero attached hydrogens (tertiary/aromatic N) is 10. The number of nitro groups is 2. The molecule has 42 heteroatoms. The van der Waals surface area contributed by atoms with Crippen molar-refractivity contribution in [3.05, 3.63) is 117 Å². The largest absolute Gasteiger partial charge is 0.505 e. The Morgan fingerprint density at radius 3 is 1.01 bits per heavy atom. The summed E-state index contributed by atoms with van der Waals surface area (Å²) < 4.78 is 209. The lowest BCUT2D eigenvalue weighted by molar-refractivity contribution is -0.385. The second-order valence-electron chi connectivity index (χ2n) is 16.7. The summed E-state index contributed by atoms with van der Waals surface area (Å²) >= 11 is 0. The van der Waals surface area contributed by atoms with Crippen molar-refractivity contribution in [1.82, 2.24) is 0 Å². The third kappa shape index (κ3) is 12.1. The molecule has 8 rings (SSSR count). The highest BCUT2D eigenvalue weighted by Crippen LogP contribution is 2.50. The van der Waals surface area contributed by atoms with Gasteiger partial charge in [0.1, 0.15) is 63.5 Å². The monoisotopic (exact) mass is 1280 g/mol. The van der Waals surface area contributed by atoms with Gasteiger partial charge in [-0.05, 0) is 89.0 Å². The Balaban J connectivity index is 1.21. The van der Waals surface area contributed by atoms with Crippen LogP contribution in [0, 0.1) is 20.2 Å². The van der Waals surface area contributed by atoms with Crippen molar-refractivity contribution >= 4 is 156 Å². The highest BCUT2D eigenvalue weighted by molar-refractivity contribution is 7.87. The van der Waals surface area contributed by atoms with Gasteiger partial charge in [-0.1, -0.05) is 0 Å². The molecule has 0 atom stereocenters. The Hall–Kier alpha value is -9.60. The van der Waals surface area contributed by atoms with Gasteiger partial charge < -0.3 is 21.1 Å². The summed E-state index contributed by atoms with van der Waals surface area (Å²) in [5.41, 5.74) is -2.84. The lowest BCUT2D eigenvalue weighted by atomic mass is 10.0. The number of hydrogen-bond donors (Lipinski definition) is 10. The summed E-state index contributed by atoms with van der Waals surface area (Å²) in [5, 5.41) is 82.9. The van der Waals surface area contributed by atoms with Gasteiger partial charge in [0.25, 0.3) is 72.1 Å². The Labute approximate surface area is 466 Å². The smallest absolute Gasteiger partial charge is 0.297 e. The Morgan fingerprint density at radius 2 is 0.667 bits per heavy atom. The van der Waals surface area contributed by atoms with Crippen molar-refractivity contribution in [3.8, 4) is 17.2 Å². The molecule has 0 aromatic heterocycles. The number of benzene rings is 8. The standard InChI is InChI=1S/C42H27N11O25S6/c43-35-34-19(13-30(81(67,68)69)36(35)48-44-20-1-5-24-17(9-20)11-31(82(70,71)72)37(40(24)54)50-46-26-7-3-22(52(57)58)15-28(26)79(61,62)63)14-33(84(76,77)78)39(42(34)56)49-45-21-2-6-25-18(10-21)12-32(83(73,74)75)38(41(25)55)51-47-27-8-4-23(53(59)60)16-29(27)80(64,65)66/h1-16,54-56H,43H2,(H,61,62,63)(H,64,65,66)(H,67,68,69)(H,70,71,72)(H,73,74,75)(H,76,77,78). The molecule has 0 unspecified atom stereocenters. The Bertz CT molecular complexity index is 4830. The molecule has 36 nitrogen and oxygen atoms in total. The van der Waals surface area contributed by atoms with Crippen LogP contribution in [0.25, 0.3) is 32.3 Å². The van der Waals surface area contributed by atoms with Crippen molar-refractivity contribution in [2.75, 3.05) is 5.73 Å². The van der Waals surface area contributed by atoms with Gasteiger partial charge in [-0.25, -0.2) is 0 Å². The molecule has 0 aliphatic heterocycles. The number of hydrogen-bond acceptors (Lipinski definition) is 28. The third-order valence-corrected chi connectivity index (χ3v) is 16.6. The minimum atomic E-state index is -5.51. The molecule has 11 N–H and O–H groups in total. The quantitative estimate of drug-likeness (QED) is 0.0142. The molecule has 84 heavy (non-hydrogen) atoms. The number of nitro benzene ring substituents is 2. The fraction of sp³-hybridized carbons (Fsp3) is 0. The molecule has 0 saturated carbocycles. The van der Waals surface area contributed by atoms with Crippen LogP contribution >= 0.6 is 0 Å². The molecule has 436 valence electrons. The normalized spacial score (nSPS) is 13.2. The first kappa shape index (κ1) is 60.5. The summed E-state index contributed by atoms with van der Waals surface area (Å²) in [4.78, 5) is 13.1. The van der Waals surface area contributed by atoms with Crippen LogP contribution < -0.4 is 5.73 Å². The minimum Gasteiger partial charge on any atom is -0.505 e. The number of non-ortho nitro benzene ring substituents is 2. The highest BCUT2D eigenvalue weighted by atomic mass is 32.2. The van der Waals surface area contributed by atoms with E-state index in [0.29, 0.717) is 48.5 Å². The molecule has 8 aromatic carbocycles. The zero-order chi connectivity index (χ0) is 62.1. The summed E-state index contributed by atoms with van der Waals surface area (Å²) in [7, 11) is -32.3. The van der Waals surface area contributed by atoms with Gasteiger partial charge in [0.2, 0.25) is 0 Å². The van der Waals surface area contributed by atoms with E-state index in [0.717, 1.165) is 48.5 Å². The van der Waals surface area contributed by atoms with E-state index in [1.165, 1.54) is 0 Å². The zero-order valence-corrected chi connectivity index (χ0v) is 45.2. The van der Waals surface area contributed by atoms with Crippen molar-refractivity contribution in [2.45, 2.75) is 29.4 Å². The predicted octanol–water partition coefficient (Wildman–Crippen LogP) is 8.80. The number of aromatic hydroxyl groups is 3. The first-order valence-electron chi connectivity index (χ1n) is 21.6. The van der Waals surface area contributed by atoms with Crippen LogP contribution in [0.4, 0.5) is 62.6 Å². The number of phenols is 3. The molecule has 8 aromatic rings. The number of nitrogens with two attached hydrogens (primary N) is 1. The van der Waals surface area contributed by atoms with E-state index >= 15 is 0 Å². The number of phenolic OH excluding ortho intramolecular Hbond substituents is 3. The molecule has 0 saturated heterocycles. The van der Waals surface area contributed by atoms with Crippen LogP contribution in [0.15, 0.2) is 167 Å². The summed E-state index contributed by atoms with van der Waals surface area (Å²) in [6.07, 6.45) is 0. The second kappa shape index (κ2) is 21.3. The summed E-state index contributed by atoms with van der Waals surface area (Å²) in [6, 6.07) is 12.0. The number of azo groups is 4. The molecule has 0 fully saturated rings. The number of nitrogen functional groups attached to an aromatic ring is 1. The maximum atomic E-state index is 12.8. The van der Waals surface area contributed by atoms with Gasteiger partial charge in [0, 0.05) is 35.0 Å². The van der Waals surface area contributed by atoms with Gasteiger partial charge >= 0.3 is 0 Å². The zero-order valence-electron chi connectivity index (χ0n) is 40.3. The van der Waals surface area contributed by atoms with Crippen LogP contribution in [0.5, 0.6) is 17.2 Å². The molecule has 0 spiro atoms. The van der Waals surface area contributed by atoms with Crippen molar-refractivity contribution in [1.29, 1.82) is 0 Å². The van der Waals surface area contributed by atoms with E-state index in [1.807, 2.05) is 0 Å². The first-order chi connectivity index (χ1) is 38.7. The van der Waals surface area contributed by atoms with Gasteiger partial charge in [-0.2, -0.15) is 60.7 Å². The Kier molecular flexibility index (Phi) is 15.3. The van der Waals surface area contributed by atoms with E-state index < -0.39 is 185 Å². The summed E-state index contributed by atoms with van der Waals surface area (Å²) in [6.45, 7) is 0. The molecular weight excluding hydrogens is 1250 g/mol. The minimum absolute atomic E-state index is 0.305. The van der Waals surface area contributed by atoms with E-state index in [-0.39, 0.29) is 27.2 Å². The first-order valence-corrected chi connectivity index (χ1v) is 30.2. The lowest BCUT2D eigenvalue weighted by Crippen LogP contribution is -2.03. The van der Waals surface area contributed by atoms with Gasteiger partial charge in [0.15, 0.2) is 17.2 Å². The van der Waals surface area contributed by atoms with Crippen molar-refractivity contribution < 1.29 is 103 Å². The van der Waals surface area contributed by atoms with Gasteiger partial charge in [0.05, 0.1) is 32.3 Å². The fourth-order valence-electron chi connectivity index (χ4n) is 7.73. The summed E-state index contributed by atoms with van der Waals surface area (Å²) in [5.74, 6) is -3.42. The lowest BCUT2D eigenvalue weighted by Gasteiger charge is -2.14. The van der Waals surface area contributed by atoms with E-state index in [1.54, 1.807) is 0 Å². The molecule has 0 heterocycles. The molecule has 0 amide bonds. The van der Waals surface area contributed by atoms with E-state index in [4.69, 9.17) is 5.73 Å². The molecular formula is C42H27N11O25S6. The maximum absolute atomic E-state index is 12.8. The average Bonchev–Trinajstić information content (AvgIpc) is 1.31.